The van der Waals surface area contributed by atoms with Crippen molar-refractivity contribution in [3.8, 4) is 16.9 Å². The van der Waals surface area contributed by atoms with Crippen LogP contribution in [0.25, 0.3) is 28.0 Å². The zero-order valence-electron chi connectivity index (χ0n) is 16.1. The number of hydrogen-bond acceptors (Lipinski definition) is 3. The van der Waals surface area contributed by atoms with Crippen molar-refractivity contribution in [2.45, 2.75) is 6.18 Å². The fourth-order valence-electron chi connectivity index (χ4n) is 3.10. The SMILES string of the molecule is C=C(F)C(=O)Nc1ccc(F)c(-n2nc(-c3ccc(C(F)(F)F)cc3)c3cccnc32)c1. The molecule has 0 bridgehead atoms. The van der Waals surface area contributed by atoms with Crippen LogP contribution in [-0.4, -0.2) is 20.7 Å². The summed E-state index contributed by atoms with van der Waals surface area (Å²) in [7, 11) is 0. The highest BCUT2D eigenvalue weighted by Gasteiger charge is 2.30. The van der Waals surface area contributed by atoms with E-state index in [1.165, 1.54) is 30.5 Å². The van der Waals surface area contributed by atoms with Gasteiger partial charge in [0.2, 0.25) is 0 Å². The summed E-state index contributed by atoms with van der Waals surface area (Å²) in [5.74, 6) is -3.01. The number of hydrogen-bond donors (Lipinski definition) is 1. The highest BCUT2D eigenvalue weighted by Crippen LogP contribution is 2.33. The Labute approximate surface area is 177 Å². The maximum atomic E-state index is 14.7. The van der Waals surface area contributed by atoms with Gasteiger partial charge in [0.25, 0.3) is 5.91 Å². The van der Waals surface area contributed by atoms with E-state index in [1.54, 1.807) is 12.1 Å². The van der Waals surface area contributed by atoms with Gasteiger partial charge >= 0.3 is 6.18 Å². The van der Waals surface area contributed by atoms with Crippen LogP contribution >= 0.6 is 0 Å². The predicted molar refractivity (Wildman–Crippen MR) is 108 cm³/mol. The molecule has 5 nitrogen and oxygen atoms in total. The van der Waals surface area contributed by atoms with E-state index in [2.05, 4.69) is 22.0 Å². The molecule has 2 aromatic heterocycles. The maximum absolute atomic E-state index is 14.7. The highest BCUT2D eigenvalue weighted by molar-refractivity contribution is 6.01. The number of aromatic nitrogens is 3. The van der Waals surface area contributed by atoms with Crippen LogP contribution < -0.4 is 5.32 Å². The standard InChI is InChI=1S/C22H13F5N4O/c1-12(23)21(32)29-15-8-9-17(24)18(11-15)31-20-16(3-2-10-28-20)19(30-31)13-4-6-14(7-5-13)22(25,26)27/h2-11H,1H2,(H,29,32). The number of amides is 1. The molecule has 0 saturated carbocycles. The van der Waals surface area contributed by atoms with Crippen molar-refractivity contribution in [3.63, 3.8) is 0 Å². The van der Waals surface area contributed by atoms with E-state index in [9.17, 15) is 26.7 Å². The van der Waals surface area contributed by atoms with Gasteiger partial charge in [0, 0.05) is 22.8 Å². The van der Waals surface area contributed by atoms with Gasteiger partial charge in [0.05, 0.1) is 5.56 Å². The molecule has 32 heavy (non-hydrogen) atoms. The van der Waals surface area contributed by atoms with Crippen molar-refractivity contribution >= 4 is 22.6 Å². The maximum Gasteiger partial charge on any atom is 0.416 e. The molecule has 0 radical (unpaired) electrons. The molecule has 2 aromatic carbocycles. The van der Waals surface area contributed by atoms with Crippen LogP contribution in [0.1, 0.15) is 5.56 Å². The van der Waals surface area contributed by atoms with Crippen molar-refractivity contribution in [1.82, 2.24) is 14.8 Å². The summed E-state index contributed by atoms with van der Waals surface area (Å²) in [6.07, 6.45) is -3.03. The molecule has 0 unspecified atom stereocenters. The molecule has 2 heterocycles. The summed E-state index contributed by atoms with van der Waals surface area (Å²) in [5.41, 5.74) is 0.0582. The van der Waals surface area contributed by atoms with Crippen LogP contribution in [-0.2, 0) is 11.0 Å². The normalized spacial score (nSPS) is 11.5. The first-order valence-electron chi connectivity index (χ1n) is 9.12. The number of rotatable bonds is 4. The first kappa shape index (κ1) is 21.2. The van der Waals surface area contributed by atoms with E-state index in [4.69, 9.17) is 0 Å². The molecule has 0 fully saturated rings. The molecule has 0 aliphatic rings. The van der Waals surface area contributed by atoms with Crippen molar-refractivity contribution in [2.24, 2.45) is 0 Å². The third kappa shape index (κ3) is 3.94. The lowest BCUT2D eigenvalue weighted by Crippen LogP contribution is -2.12. The number of pyridine rings is 1. The number of nitrogens with zero attached hydrogens (tertiary/aromatic N) is 3. The van der Waals surface area contributed by atoms with Gasteiger partial charge in [-0.1, -0.05) is 18.7 Å². The molecule has 4 aromatic rings. The van der Waals surface area contributed by atoms with Gasteiger partial charge in [-0.3, -0.25) is 4.79 Å². The Bertz CT molecular complexity index is 1340. The quantitative estimate of drug-likeness (QED) is 0.326. The first-order chi connectivity index (χ1) is 15.1. The minimum Gasteiger partial charge on any atom is -0.320 e. The molecule has 0 saturated heterocycles. The van der Waals surface area contributed by atoms with Crippen LogP contribution in [0.5, 0.6) is 0 Å². The lowest BCUT2D eigenvalue weighted by Gasteiger charge is -2.08. The van der Waals surface area contributed by atoms with Gasteiger partial charge in [-0.2, -0.15) is 18.3 Å². The van der Waals surface area contributed by atoms with Crippen LogP contribution in [0.4, 0.5) is 27.6 Å². The second kappa shape index (κ2) is 7.88. The number of carbonyl (C=O) groups is 1. The smallest absolute Gasteiger partial charge is 0.320 e. The number of benzene rings is 2. The van der Waals surface area contributed by atoms with Crippen LogP contribution in [0, 0.1) is 5.82 Å². The van der Waals surface area contributed by atoms with Gasteiger partial charge in [0.1, 0.15) is 17.2 Å². The fourth-order valence-corrected chi connectivity index (χ4v) is 3.10. The molecule has 0 aliphatic heterocycles. The topological polar surface area (TPSA) is 59.8 Å². The highest BCUT2D eigenvalue weighted by atomic mass is 19.4. The zero-order valence-corrected chi connectivity index (χ0v) is 16.1. The minimum absolute atomic E-state index is 0.0841. The van der Waals surface area contributed by atoms with E-state index < -0.39 is 29.3 Å². The second-order valence-corrected chi connectivity index (χ2v) is 6.74. The van der Waals surface area contributed by atoms with Crippen LogP contribution in [0.15, 0.2) is 73.2 Å². The predicted octanol–water partition coefficient (Wildman–Crippen LogP) is 5.67. The second-order valence-electron chi connectivity index (χ2n) is 6.74. The van der Waals surface area contributed by atoms with E-state index in [1.807, 2.05) is 0 Å². The van der Waals surface area contributed by atoms with Crippen molar-refractivity contribution < 1.29 is 26.7 Å². The van der Waals surface area contributed by atoms with E-state index >= 15 is 0 Å². The third-order valence-electron chi connectivity index (χ3n) is 4.61. The zero-order chi connectivity index (χ0) is 23.0. The van der Waals surface area contributed by atoms with E-state index in [-0.39, 0.29) is 22.7 Å². The molecule has 4 rings (SSSR count). The number of carbonyl (C=O) groups excluding carboxylic acids is 1. The van der Waals surface area contributed by atoms with Gasteiger partial charge in [-0.05, 0) is 42.5 Å². The first-order valence-corrected chi connectivity index (χ1v) is 9.12. The van der Waals surface area contributed by atoms with Gasteiger partial charge < -0.3 is 5.32 Å². The van der Waals surface area contributed by atoms with Crippen LogP contribution in [0.2, 0.25) is 0 Å². The monoisotopic (exact) mass is 444 g/mol. The van der Waals surface area contributed by atoms with E-state index in [0.717, 1.165) is 22.9 Å². The number of fused-ring (bicyclic) bond motifs is 1. The number of anilines is 1. The molecule has 10 heteroatoms. The molecule has 1 N–H and O–H groups in total. The molecule has 0 spiro atoms. The Balaban J connectivity index is 1.84. The van der Waals surface area contributed by atoms with Crippen molar-refractivity contribution in [2.75, 3.05) is 5.32 Å². The molecule has 0 atom stereocenters. The number of nitrogens with one attached hydrogen (secondary N) is 1. The molecule has 0 aliphatic carbocycles. The van der Waals surface area contributed by atoms with Crippen molar-refractivity contribution in [1.29, 1.82) is 0 Å². The Hall–Kier alpha value is -4.08. The van der Waals surface area contributed by atoms with Gasteiger partial charge in [0.15, 0.2) is 11.5 Å². The van der Waals surface area contributed by atoms with Gasteiger partial charge in [-0.15, -0.1) is 0 Å². The average Bonchev–Trinajstić information content (AvgIpc) is 3.14. The van der Waals surface area contributed by atoms with Crippen molar-refractivity contribution in [3.05, 3.63) is 84.6 Å². The summed E-state index contributed by atoms with van der Waals surface area (Å²) in [4.78, 5) is 15.8. The van der Waals surface area contributed by atoms with E-state index in [0.29, 0.717) is 10.9 Å². The molecule has 1 amide bonds. The lowest BCUT2D eigenvalue weighted by atomic mass is 10.1. The molecular weight excluding hydrogens is 431 g/mol. The lowest BCUT2D eigenvalue weighted by molar-refractivity contribution is -0.137. The Kier molecular flexibility index (Phi) is 5.21. The fraction of sp³-hybridized carbons (Fsp3) is 0.0455. The Morgan fingerprint density at radius 1 is 1.06 bits per heavy atom. The average molecular weight is 444 g/mol. The summed E-state index contributed by atoms with van der Waals surface area (Å²) < 4.78 is 67.5. The largest absolute Gasteiger partial charge is 0.416 e. The molecular formula is C22H13F5N4O. The number of alkyl halides is 3. The number of halogens is 5. The minimum atomic E-state index is -4.49. The third-order valence-corrected chi connectivity index (χ3v) is 4.61. The summed E-state index contributed by atoms with van der Waals surface area (Å²) >= 11 is 0. The summed E-state index contributed by atoms with van der Waals surface area (Å²) in [6, 6.07) is 11.2. The Morgan fingerprint density at radius 2 is 1.78 bits per heavy atom. The van der Waals surface area contributed by atoms with Crippen LogP contribution in [0.3, 0.4) is 0 Å². The van der Waals surface area contributed by atoms with Gasteiger partial charge in [-0.25, -0.2) is 18.4 Å². The summed E-state index contributed by atoms with van der Waals surface area (Å²) in [6.45, 7) is 2.90. The molecule has 162 valence electrons. The summed E-state index contributed by atoms with van der Waals surface area (Å²) in [5, 5.41) is 7.07. The Morgan fingerprint density at radius 3 is 2.44 bits per heavy atom.